The summed E-state index contributed by atoms with van der Waals surface area (Å²) in [6, 6.07) is 12.2. The minimum absolute atomic E-state index is 0.275. The first-order valence-electron chi connectivity index (χ1n) is 15.6. The molecule has 8 nitrogen and oxygen atoms in total. The highest BCUT2D eigenvalue weighted by Crippen LogP contribution is 2.48. The Kier molecular flexibility index (Phi) is 7.86. The number of hydrogen-bond acceptors (Lipinski definition) is 6. The molecule has 2 aliphatic rings. The summed E-state index contributed by atoms with van der Waals surface area (Å²) in [7, 11) is 3.52. The lowest BCUT2D eigenvalue weighted by Crippen LogP contribution is -2.23. The average Bonchev–Trinajstić information content (AvgIpc) is 3.48. The van der Waals surface area contributed by atoms with E-state index < -0.39 is 11.6 Å². The number of hydrogen-bond donors (Lipinski definition) is 0. The van der Waals surface area contributed by atoms with Gasteiger partial charge in [0.25, 0.3) is 0 Å². The van der Waals surface area contributed by atoms with Crippen LogP contribution in [0.3, 0.4) is 0 Å². The van der Waals surface area contributed by atoms with Gasteiger partial charge in [0, 0.05) is 23.5 Å². The molecular formula is C36H41N3O5. The second kappa shape index (κ2) is 11.6. The number of fused-ring (bicyclic) bond motifs is 5. The van der Waals surface area contributed by atoms with Crippen LogP contribution >= 0.6 is 0 Å². The van der Waals surface area contributed by atoms with Crippen LogP contribution < -0.4 is 4.74 Å². The summed E-state index contributed by atoms with van der Waals surface area (Å²) in [6.07, 6.45) is 9.62. The lowest BCUT2D eigenvalue weighted by Gasteiger charge is -2.24. The van der Waals surface area contributed by atoms with E-state index in [-0.39, 0.29) is 12.6 Å². The molecule has 6 rings (SSSR count). The Hall–Kier alpha value is -4.33. The summed E-state index contributed by atoms with van der Waals surface area (Å²) in [6.45, 7) is 8.19. The molecule has 1 fully saturated rings. The molecule has 0 amide bonds. The average molecular weight is 596 g/mol. The number of nitrogens with zero attached hydrogens (tertiary/aromatic N) is 3. The van der Waals surface area contributed by atoms with Crippen LogP contribution in [-0.4, -0.2) is 45.6 Å². The molecule has 0 saturated heterocycles. The third-order valence-electron chi connectivity index (χ3n) is 8.66. The first kappa shape index (κ1) is 29.7. The molecule has 8 heteroatoms. The molecular weight excluding hydrogens is 554 g/mol. The molecule has 2 aromatic heterocycles. The van der Waals surface area contributed by atoms with E-state index in [0.29, 0.717) is 29.3 Å². The van der Waals surface area contributed by atoms with Gasteiger partial charge in [0.05, 0.1) is 43.4 Å². The first-order valence-corrected chi connectivity index (χ1v) is 15.6. The zero-order chi connectivity index (χ0) is 31.2. The van der Waals surface area contributed by atoms with E-state index in [1.165, 1.54) is 24.8 Å². The monoisotopic (exact) mass is 595 g/mol. The molecule has 1 aliphatic heterocycles. The number of aryl methyl sites for hydroxylation is 1. The van der Waals surface area contributed by atoms with E-state index in [9.17, 15) is 9.59 Å². The summed E-state index contributed by atoms with van der Waals surface area (Å²) in [4.78, 5) is 26.3. The van der Waals surface area contributed by atoms with Gasteiger partial charge in [0.2, 0.25) is 0 Å². The van der Waals surface area contributed by atoms with E-state index in [1.807, 2.05) is 46.0 Å². The Morgan fingerprint density at radius 1 is 1.00 bits per heavy atom. The highest BCUT2D eigenvalue weighted by molar-refractivity contribution is 6.03. The van der Waals surface area contributed by atoms with Crippen molar-refractivity contribution in [3.8, 4) is 17.0 Å². The molecule has 0 bridgehead atoms. The van der Waals surface area contributed by atoms with Crippen molar-refractivity contribution in [2.24, 2.45) is 7.05 Å². The smallest absolute Gasteiger partial charge is 0.341 e. The van der Waals surface area contributed by atoms with Crippen LogP contribution in [0, 0.1) is 0 Å². The molecule has 0 N–H and O–H groups in total. The molecule has 0 radical (unpaired) electrons. The van der Waals surface area contributed by atoms with Crippen molar-refractivity contribution in [2.75, 3.05) is 13.7 Å². The molecule has 0 spiro atoms. The second-order valence-electron chi connectivity index (χ2n) is 12.8. The van der Waals surface area contributed by atoms with Gasteiger partial charge in [-0.15, -0.1) is 0 Å². The Labute approximate surface area is 258 Å². The fourth-order valence-corrected chi connectivity index (χ4v) is 6.83. The molecule has 3 heterocycles. The number of carbonyl (C=O) groups is 2. The van der Waals surface area contributed by atoms with Gasteiger partial charge in [-0.2, -0.15) is 5.10 Å². The standard InChI is InChI=1S/C36H41N3O5/c1-7-43-35(41)29-20-37-38(5)32(29)25-17-24-18-26(42-6)14-16-27(24)33-31(22-11-9-8-10-12-22)28-15-13-23(19-30(28)39(33)21-25)34(40)44-36(2,3)4/h13-20,22H,7-12,21H2,1-6H3. The quantitative estimate of drug-likeness (QED) is 0.212. The van der Waals surface area contributed by atoms with Gasteiger partial charge in [-0.3, -0.25) is 4.68 Å². The van der Waals surface area contributed by atoms with Crippen LogP contribution in [0.1, 0.15) is 103 Å². The summed E-state index contributed by atoms with van der Waals surface area (Å²) in [5.74, 6) is 0.406. The van der Waals surface area contributed by atoms with Gasteiger partial charge in [0.15, 0.2) is 0 Å². The van der Waals surface area contributed by atoms with Gasteiger partial charge in [-0.05, 0) is 99.6 Å². The zero-order valence-electron chi connectivity index (χ0n) is 26.5. The van der Waals surface area contributed by atoms with Crippen molar-refractivity contribution in [3.05, 3.63) is 70.5 Å². The fourth-order valence-electron chi connectivity index (χ4n) is 6.83. The minimum atomic E-state index is -0.605. The molecule has 2 aromatic carbocycles. The molecule has 4 aromatic rings. The lowest BCUT2D eigenvalue weighted by atomic mass is 9.81. The Balaban J connectivity index is 1.64. The number of aromatic nitrogens is 3. The lowest BCUT2D eigenvalue weighted by molar-refractivity contribution is 0.00694. The molecule has 1 aliphatic carbocycles. The van der Waals surface area contributed by atoms with Gasteiger partial charge < -0.3 is 18.8 Å². The number of carbonyl (C=O) groups excluding carboxylic acids is 2. The van der Waals surface area contributed by atoms with Gasteiger partial charge in [0.1, 0.15) is 16.9 Å². The van der Waals surface area contributed by atoms with Gasteiger partial charge in [-0.1, -0.05) is 25.3 Å². The van der Waals surface area contributed by atoms with E-state index in [0.717, 1.165) is 51.9 Å². The molecule has 230 valence electrons. The van der Waals surface area contributed by atoms with Crippen LogP contribution in [0.4, 0.5) is 0 Å². The minimum Gasteiger partial charge on any atom is -0.497 e. The number of esters is 2. The van der Waals surface area contributed by atoms with Crippen LogP contribution in [0.15, 0.2) is 42.6 Å². The van der Waals surface area contributed by atoms with Crippen molar-refractivity contribution in [1.29, 1.82) is 0 Å². The third-order valence-corrected chi connectivity index (χ3v) is 8.66. The SMILES string of the molecule is CCOC(=O)c1cnn(C)c1C1=Cc2cc(OC)ccc2-c2c(C3CCCCC3)c3ccc(C(=O)OC(C)(C)C)cc3n2C1. The topological polar surface area (TPSA) is 84.6 Å². The number of rotatable bonds is 6. The summed E-state index contributed by atoms with van der Waals surface area (Å²) in [5.41, 5.74) is 7.49. The first-order chi connectivity index (χ1) is 21.1. The maximum Gasteiger partial charge on any atom is 0.341 e. The normalized spacial score (nSPS) is 15.3. The van der Waals surface area contributed by atoms with Crippen molar-refractivity contribution in [3.63, 3.8) is 0 Å². The van der Waals surface area contributed by atoms with Gasteiger partial charge >= 0.3 is 11.9 Å². The predicted octanol–water partition coefficient (Wildman–Crippen LogP) is 7.78. The van der Waals surface area contributed by atoms with E-state index in [4.69, 9.17) is 14.2 Å². The Morgan fingerprint density at radius 3 is 2.48 bits per heavy atom. The fraction of sp³-hybridized carbons (Fsp3) is 0.417. The van der Waals surface area contributed by atoms with Gasteiger partial charge in [-0.25, -0.2) is 9.59 Å². The van der Waals surface area contributed by atoms with Crippen molar-refractivity contribution in [1.82, 2.24) is 14.3 Å². The third kappa shape index (κ3) is 5.42. The second-order valence-corrected chi connectivity index (χ2v) is 12.8. The summed E-state index contributed by atoms with van der Waals surface area (Å²) >= 11 is 0. The molecule has 44 heavy (non-hydrogen) atoms. The van der Waals surface area contributed by atoms with Crippen molar-refractivity contribution >= 4 is 34.5 Å². The molecule has 1 saturated carbocycles. The van der Waals surface area contributed by atoms with Crippen LogP contribution in [0.5, 0.6) is 5.75 Å². The number of benzene rings is 2. The Morgan fingerprint density at radius 2 is 1.77 bits per heavy atom. The predicted molar refractivity (Wildman–Crippen MR) is 172 cm³/mol. The highest BCUT2D eigenvalue weighted by atomic mass is 16.6. The van der Waals surface area contributed by atoms with E-state index >= 15 is 0 Å². The van der Waals surface area contributed by atoms with E-state index in [1.54, 1.807) is 24.9 Å². The number of methoxy groups -OCH3 is 1. The molecule has 0 atom stereocenters. The molecule has 0 unspecified atom stereocenters. The maximum absolute atomic E-state index is 13.3. The van der Waals surface area contributed by atoms with E-state index in [2.05, 4.69) is 33.9 Å². The van der Waals surface area contributed by atoms with Crippen LogP contribution in [-0.2, 0) is 23.1 Å². The van der Waals surface area contributed by atoms with Crippen molar-refractivity contribution < 1.29 is 23.8 Å². The number of ether oxygens (including phenoxy) is 3. The Bertz CT molecular complexity index is 1780. The largest absolute Gasteiger partial charge is 0.497 e. The van der Waals surface area contributed by atoms with Crippen molar-refractivity contribution in [2.45, 2.75) is 77.9 Å². The van der Waals surface area contributed by atoms with Crippen LogP contribution in [0.2, 0.25) is 0 Å². The maximum atomic E-state index is 13.3. The summed E-state index contributed by atoms with van der Waals surface area (Å²) < 4.78 is 20.9. The number of allylic oxidation sites excluding steroid dienone is 1. The summed E-state index contributed by atoms with van der Waals surface area (Å²) in [5, 5.41) is 5.61. The zero-order valence-corrected chi connectivity index (χ0v) is 26.5. The van der Waals surface area contributed by atoms with Crippen LogP contribution in [0.25, 0.3) is 33.8 Å². The highest BCUT2D eigenvalue weighted by Gasteiger charge is 2.32.